The molecular weight excluding hydrogens is 244 g/mol. The normalized spacial score (nSPS) is 51.4. The molecule has 2 aliphatic heterocycles. The summed E-state index contributed by atoms with van der Waals surface area (Å²) < 4.78 is 11.4. The number of epoxide rings is 1. The van der Waals surface area contributed by atoms with Crippen molar-refractivity contribution in [2.45, 2.75) is 51.4 Å². The van der Waals surface area contributed by atoms with Gasteiger partial charge in [-0.3, -0.25) is 4.79 Å². The molecule has 0 amide bonds. The molecule has 6 atom stereocenters. The standard InChI is InChI=1S/C15H18O4/c1-6-4-9(16)11-7(2)14(17)18-13-12(11)8(6)5-10-15(13,3)19-10/h6,8,10,12-13H,4-5H2,1-3H3/t6-,8+,10+,12-,13+,15-/m1/s1. The minimum absolute atomic E-state index is 0.0534. The van der Waals surface area contributed by atoms with Crippen molar-refractivity contribution in [3.8, 4) is 0 Å². The van der Waals surface area contributed by atoms with Gasteiger partial charge in [-0.25, -0.2) is 4.79 Å². The Morgan fingerprint density at radius 2 is 2.05 bits per heavy atom. The molecule has 102 valence electrons. The van der Waals surface area contributed by atoms with Crippen molar-refractivity contribution in [2.75, 3.05) is 0 Å². The van der Waals surface area contributed by atoms with Gasteiger partial charge in [0.15, 0.2) is 5.78 Å². The molecular formula is C15H18O4. The molecule has 4 heteroatoms. The first-order valence-electron chi connectivity index (χ1n) is 7.06. The largest absolute Gasteiger partial charge is 0.455 e. The number of hydrogen-bond donors (Lipinski definition) is 0. The first kappa shape index (κ1) is 11.6. The van der Waals surface area contributed by atoms with Crippen LogP contribution in [0, 0.1) is 17.8 Å². The zero-order valence-electron chi connectivity index (χ0n) is 11.4. The van der Waals surface area contributed by atoms with E-state index in [4.69, 9.17) is 9.47 Å². The number of esters is 1. The summed E-state index contributed by atoms with van der Waals surface area (Å²) in [7, 11) is 0. The van der Waals surface area contributed by atoms with Crippen LogP contribution < -0.4 is 0 Å². The van der Waals surface area contributed by atoms with E-state index < -0.39 is 0 Å². The van der Waals surface area contributed by atoms with Crippen LogP contribution in [0.4, 0.5) is 0 Å². The molecule has 1 saturated heterocycles. The van der Waals surface area contributed by atoms with E-state index in [2.05, 4.69) is 6.92 Å². The Bertz CT molecular complexity index is 534. The van der Waals surface area contributed by atoms with Crippen molar-refractivity contribution in [3.63, 3.8) is 0 Å². The minimum Gasteiger partial charge on any atom is -0.455 e. The lowest BCUT2D eigenvalue weighted by atomic mass is 9.58. The van der Waals surface area contributed by atoms with Gasteiger partial charge in [0, 0.05) is 23.5 Å². The second-order valence-electron chi connectivity index (χ2n) is 6.68. The molecule has 4 rings (SSSR count). The maximum absolute atomic E-state index is 12.3. The SMILES string of the molecule is CC1=C2C(=O)C[C@@H](C)[C@@H]3C[C@@H]4O[C@@]4(C)[C@@H](OC1=O)[C@@H]23. The first-order chi connectivity index (χ1) is 8.93. The Morgan fingerprint density at radius 1 is 1.32 bits per heavy atom. The topological polar surface area (TPSA) is 55.9 Å². The Balaban J connectivity index is 1.88. The predicted molar refractivity (Wildman–Crippen MR) is 66.2 cm³/mol. The molecule has 0 aromatic rings. The molecule has 0 unspecified atom stereocenters. The average Bonchev–Trinajstić information content (AvgIpc) is 3.01. The number of fused-ring (bicyclic) bond motifs is 2. The second-order valence-corrected chi connectivity index (χ2v) is 6.68. The summed E-state index contributed by atoms with van der Waals surface area (Å²) in [6.45, 7) is 5.86. The molecule has 4 nitrogen and oxygen atoms in total. The summed E-state index contributed by atoms with van der Waals surface area (Å²) in [5.41, 5.74) is 0.894. The molecule has 0 aromatic carbocycles. The Labute approximate surface area is 112 Å². The second kappa shape index (κ2) is 3.29. The van der Waals surface area contributed by atoms with E-state index in [9.17, 15) is 9.59 Å². The highest BCUT2D eigenvalue weighted by atomic mass is 16.6. The molecule has 0 aromatic heterocycles. The van der Waals surface area contributed by atoms with Gasteiger partial charge in [0.1, 0.15) is 11.7 Å². The molecule has 2 heterocycles. The highest BCUT2D eigenvalue weighted by Gasteiger charge is 2.69. The molecule has 0 bridgehead atoms. The van der Waals surface area contributed by atoms with E-state index >= 15 is 0 Å². The van der Waals surface area contributed by atoms with Crippen LogP contribution >= 0.6 is 0 Å². The zero-order chi connectivity index (χ0) is 13.5. The van der Waals surface area contributed by atoms with Gasteiger partial charge in [-0.05, 0) is 32.1 Å². The third kappa shape index (κ3) is 1.28. The molecule has 2 saturated carbocycles. The van der Waals surface area contributed by atoms with Crippen molar-refractivity contribution in [1.82, 2.24) is 0 Å². The van der Waals surface area contributed by atoms with Gasteiger partial charge in [-0.15, -0.1) is 0 Å². The zero-order valence-corrected chi connectivity index (χ0v) is 11.4. The van der Waals surface area contributed by atoms with Crippen LogP contribution in [0.3, 0.4) is 0 Å². The molecule has 0 N–H and O–H groups in total. The number of Topliss-reactive ketones (excluding diaryl/α,β-unsaturated/α-hetero) is 1. The number of carbonyl (C=O) groups is 2. The van der Waals surface area contributed by atoms with Crippen LogP contribution in [-0.2, 0) is 19.1 Å². The van der Waals surface area contributed by atoms with Crippen LogP contribution in [0.25, 0.3) is 0 Å². The van der Waals surface area contributed by atoms with Gasteiger partial charge < -0.3 is 9.47 Å². The quantitative estimate of drug-likeness (QED) is 0.492. The summed E-state index contributed by atoms with van der Waals surface area (Å²) in [6.07, 6.45) is 1.47. The molecule has 3 fully saturated rings. The third-order valence-corrected chi connectivity index (χ3v) is 5.63. The summed E-state index contributed by atoms with van der Waals surface area (Å²) in [6, 6.07) is 0. The monoisotopic (exact) mass is 262 g/mol. The van der Waals surface area contributed by atoms with Gasteiger partial charge in [0.05, 0.1) is 6.10 Å². The van der Waals surface area contributed by atoms with E-state index in [1.54, 1.807) is 6.92 Å². The van der Waals surface area contributed by atoms with Crippen LogP contribution in [-0.4, -0.2) is 29.6 Å². The van der Waals surface area contributed by atoms with Gasteiger partial charge in [-0.1, -0.05) is 6.92 Å². The minimum atomic E-state index is -0.361. The lowest BCUT2D eigenvalue weighted by Gasteiger charge is -2.47. The predicted octanol–water partition coefficient (Wildman–Crippen LogP) is 1.63. The Morgan fingerprint density at radius 3 is 2.79 bits per heavy atom. The Kier molecular flexibility index (Phi) is 2.02. The van der Waals surface area contributed by atoms with E-state index in [-0.39, 0.29) is 35.5 Å². The van der Waals surface area contributed by atoms with E-state index in [1.165, 1.54) is 0 Å². The van der Waals surface area contributed by atoms with Crippen molar-refractivity contribution in [3.05, 3.63) is 11.1 Å². The van der Waals surface area contributed by atoms with Crippen LogP contribution in [0.2, 0.25) is 0 Å². The van der Waals surface area contributed by atoms with Gasteiger partial charge in [0.25, 0.3) is 0 Å². The molecule has 0 spiro atoms. The van der Waals surface area contributed by atoms with E-state index in [0.717, 1.165) is 12.0 Å². The van der Waals surface area contributed by atoms with Crippen LogP contribution in [0.15, 0.2) is 11.1 Å². The molecule has 0 radical (unpaired) electrons. The van der Waals surface area contributed by atoms with E-state index in [0.29, 0.717) is 23.8 Å². The fourth-order valence-electron chi connectivity index (χ4n) is 4.43. The molecule has 4 aliphatic rings. The van der Waals surface area contributed by atoms with Crippen molar-refractivity contribution in [1.29, 1.82) is 0 Å². The maximum Gasteiger partial charge on any atom is 0.334 e. The summed E-state index contributed by atoms with van der Waals surface area (Å²) in [4.78, 5) is 24.3. The summed E-state index contributed by atoms with van der Waals surface area (Å²) >= 11 is 0. The van der Waals surface area contributed by atoms with Gasteiger partial charge in [-0.2, -0.15) is 0 Å². The fraction of sp³-hybridized carbons (Fsp3) is 0.733. The highest BCUT2D eigenvalue weighted by Crippen LogP contribution is 2.59. The lowest BCUT2D eigenvalue weighted by molar-refractivity contribution is -0.159. The van der Waals surface area contributed by atoms with Crippen molar-refractivity contribution >= 4 is 11.8 Å². The maximum atomic E-state index is 12.3. The summed E-state index contributed by atoms with van der Waals surface area (Å²) in [5.74, 6) is 0.604. The molecule has 19 heavy (non-hydrogen) atoms. The fourth-order valence-corrected chi connectivity index (χ4v) is 4.43. The smallest absolute Gasteiger partial charge is 0.334 e. The van der Waals surface area contributed by atoms with Gasteiger partial charge >= 0.3 is 5.97 Å². The lowest BCUT2D eigenvalue weighted by Crippen LogP contribution is -2.55. The molecule has 2 aliphatic carbocycles. The van der Waals surface area contributed by atoms with Crippen molar-refractivity contribution < 1.29 is 19.1 Å². The van der Waals surface area contributed by atoms with E-state index in [1.807, 2.05) is 6.92 Å². The van der Waals surface area contributed by atoms with Crippen molar-refractivity contribution in [2.24, 2.45) is 17.8 Å². The average molecular weight is 262 g/mol. The van der Waals surface area contributed by atoms with Gasteiger partial charge in [0.2, 0.25) is 0 Å². The number of ether oxygens (including phenoxy) is 2. The third-order valence-electron chi connectivity index (χ3n) is 5.63. The number of rotatable bonds is 0. The first-order valence-corrected chi connectivity index (χ1v) is 7.06. The number of hydrogen-bond acceptors (Lipinski definition) is 4. The highest BCUT2D eigenvalue weighted by molar-refractivity contribution is 6.05. The number of carbonyl (C=O) groups excluding carboxylic acids is 2. The Hall–Kier alpha value is -1.16. The number of ketones is 1. The van der Waals surface area contributed by atoms with Crippen LogP contribution in [0.1, 0.15) is 33.6 Å². The summed E-state index contributed by atoms with van der Waals surface area (Å²) in [5, 5.41) is 0. The van der Waals surface area contributed by atoms with Crippen LogP contribution in [0.5, 0.6) is 0 Å².